The molecule has 2 aromatic carbocycles. The number of aryl methyl sites for hydroxylation is 1. The molecule has 28 heavy (non-hydrogen) atoms. The second kappa shape index (κ2) is 9.74. The van der Waals surface area contributed by atoms with E-state index in [4.69, 9.17) is 4.74 Å². The van der Waals surface area contributed by atoms with Gasteiger partial charge in [0.15, 0.2) is 0 Å². The number of hydrogen-bond acceptors (Lipinski definition) is 3. The number of nitrogens with zero attached hydrogens (tertiary/aromatic N) is 1. The Balaban J connectivity index is 1.46. The zero-order valence-electron chi connectivity index (χ0n) is 17.3. The summed E-state index contributed by atoms with van der Waals surface area (Å²) in [5, 5.41) is 3.01. The SMILES string of the molecule is Cc1ccc(OC[C@@H](C)NC(=O)c2ccc(CN3CCC[C@@H](C)C3)cc2)cc1. The van der Waals surface area contributed by atoms with Crippen molar-refractivity contribution < 1.29 is 9.53 Å². The summed E-state index contributed by atoms with van der Waals surface area (Å²) in [7, 11) is 0. The summed E-state index contributed by atoms with van der Waals surface area (Å²) < 4.78 is 5.75. The first-order chi connectivity index (χ1) is 13.5. The van der Waals surface area contributed by atoms with Gasteiger partial charge in [0.05, 0.1) is 6.04 Å². The van der Waals surface area contributed by atoms with Crippen LogP contribution < -0.4 is 10.1 Å². The van der Waals surface area contributed by atoms with Gasteiger partial charge in [-0.25, -0.2) is 0 Å². The van der Waals surface area contributed by atoms with Crippen LogP contribution in [0.3, 0.4) is 0 Å². The predicted octanol–water partition coefficient (Wildman–Crippen LogP) is 4.42. The van der Waals surface area contributed by atoms with Gasteiger partial charge in [-0.1, -0.05) is 36.8 Å². The second-order valence-corrected chi connectivity index (χ2v) is 8.18. The number of rotatable bonds is 7. The highest BCUT2D eigenvalue weighted by atomic mass is 16.5. The minimum atomic E-state index is -0.0664. The fraction of sp³-hybridized carbons (Fsp3) is 0.458. The number of ether oxygens (including phenoxy) is 1. The lowest BCUT2D eigenvalue weighted by atomic mass is 9.99. The van der Waals surface area contributed by atoms with Gasteiger partial charge in [-0.05, 0) is 69.0 Å². The molecule has 0 saturated carbocycles. The first-order valence-electron chi connectivity index (χ1n) is 10.3. The summed E-state index contributed by atoms with van der Waals surface area (Å²) in [5.74, 6) is 1.55. The van der Waals surface area contributed by atoms with Crippen LogP contribution in [0.15, 0.2) is 48.5 Å². The Hall–Kier alpha value is -2.33. The number of amides is 1. The minimum absolute atomic E-state index is 0.0573. The van der Waals surface area contributed by atoms with Crippen molar-refractivity contribution in [1.29, 1.82) is 0 Å². The van der Waals surface area contributed by atoms with Crippen molar-refractivity contribution in [3.63, 3.8) is 0 Å². The summed E-state index contributed by atoms with van der Waals surface area (Å²) in [5.41, 5.74) is 3.16. The normalized spacial score (nSPS) is 18.5. The summed E-state index contributed by atoms with van der Waals surface area (Å²) in [6.07, 6.45) is 2.62. The third-order valence-electron chi connectivity index (χ3n) is 5.26. The van der Waals surface area contributed by atoms with E-state index in [1.54, 1.807) is 0 Å². The summed E-state index contributed by atoms with van der Waals surface area (Å²) >= 11 is 0. The molecule has 2 aromatic rings. The van der Waals surface area contributed by atoms with Crippen molar-refractivity contribution >= 4 is 5.91 Å². The van der Waals surface area contributed by atoms with Gasteiger partial charge in [0, 0.05) is 18.7 Å². The zero-order valence-corrected chi connectivity index (χ0v) is 17.3. The highest BCUT2D eigenvalue weighted by Crippen LogP contribution is 2.18. The molecular formula is C24H32N2O2. The van der Waals surface area contributed by atoms with E-state index < -0.39 is 0 Å². The highest BCUT2D eigenvalue weighted by molar-refractivity contribution is 5.94. The molecular weight excluding hydrogens is 348 g/mol. The molecule has 1 aliphatic heterocycles. The summed E-state index contributed by atoms with van der Waals surface area (Å²) in [6.45, 7) is 10.1. The molecule has 0 aromatic heterocycles. The molecule has 2 atom stereocenters. The van der Waals surface area contributed by atoms with E-state index in [1.807, 2.05) is 50.2 Å². The largest absolute Gasteiger partial charge is 0.491 e. The molecule has 3 rings (SSSR count). The first-order valence-corrected chi connectivity index (χ1v) is 10.3. The molecule has 1 saturated heterocycles. The maximum atomic E-state index is 12.5. The number of piperidine rings is 1. The Morgan fingerprint density at radius 3 is 2.57 bits per heavy atom. The van der Waals surface area contributed by atoms with Crippen LogP contribution in [0, 0.1) is 12.8 Å². The van der Waals surface area contributed by atoms with E-state index >= 15 is 0 Å². The summed E-state index contributed by atoms with van der Waals surface area (Å²) in [6, 6.07) is 15.9. The lowest BCUT2D eigenvalue weighted by molar-refractivity contribution is 0.0926. The van der Waals surface area contributed by atoms with Crippen molar-refractivity contribution in [1.82, 2.24) is 10.2 Å². The maximum Gasteiger partial charge on any atom is 0.251 e. The number of likely N-dealkylation sites (tertiary alicyclic amines) is 1. The molecule has 1 heterocycles. The van der Waals surface area contributed by atoms with Crippen molar-refractivity contribution in [3.8, 4) is 5.75 Å². The lowest BCUT2D eigenvalue weighted by Gasteiger charge is -2.30. The lowest BCUT2D eigenvalue weighted by Crippen LogP contribution is -2.36. The molecule has 0 bridgehead atoms. The van der Waals surface area contributed by atoms with Crippen LogP contribution >= 0.6 is 0 Å². The van der Waals surface area contributed by atoms with E-state index in [0.29, 0.717) is 12.2 Å². The van der Waals surface area contributed by atoms with E-state index in [1.165, 1.54) is 37.1 Å². The first kappa shape index (κ1) is 20.4. The maximum absolute atomic E-state index is 12.5. The van der Waals surface area contributed by atoms with Crippen LogP contribution in [-0.2, 0) is 6.54 Å². The Morgan fingerprint density at radius 1 is 1.18 bits per heavy atom. The monoisotopic (exact) mass is 380 g/mol. The van der Waals surface area contributed by atoms with E-state index in [2.05, 4.69) is 29.3 Å². The Kier molecular flexibility index (Phi) is 7.10. The molecule has 4 heteroatoms. The van der Waals surface area contributed by atoms with E-state index in [-0.39, 0.29) is 11.9 Å². The van der Waals surface area contributed by atoms with Crippen LogP contribution in [-0.4, -0.2) is 36.5 Å². The Bertz CT molecular complexity index is 755. The molecule has 1 amide bonds. The van der Waals surface area contributed by atoms with Crippen molar-refractivity contribution in [2.24, 2.45) is 5.92 Å². The quantitative estimate of drug-likeness (QED) is 0.773. The van der Waals surface area contributed by atoms with Gasteiger partial charge in [0.25, 0.3) is 5.91 Å². The third kappa shape index (κ3) is 6.10. The van der Waals surface area contributed by atoms with Gasteiger partial charge >= 0.3 is 0 Å². The molecule has 150 valence electrons. The zero-order chi connectivity index (χ0) is 19.9. The van der Waals surface area contributed by atoms with Crippen LogP contribution in [0.25, 0.3) is 0 Å². The number of hydrogen-bond donors (Lipinski definition) is 1. The standard InChI is InChI=1S/C24H32N2O2/c1-18-6-12-23(13-7-18)28-17-20(3)25-24(27)22-10-8-21(9-11-22)16-26-14-4-5-19(2)15-26/h6-13,19-20H,4-5,14-17H2,1-3H3,(H,25,27)/t19-,20-/m1/s1. The average molecular weight is 381 g/mol. The molecule has 0 radical (unpaired) electrons. The highest BCUT2D eigenvalue weighted by Gasteiger charge is 2.16. The number of carbonyl (C=O) groups excluding carboxylic acids is 1. The molecule has 0 spiro atoms. The van der Waals surface area contributed by atoms with Gasteiger partial charge in [-0.3, -0.25) is 9.69 Å². The number of nitrogens with one attached hydrogen (secondary N) is 1. The minimum Gasteiger partial charge on any atom is -0.491 e. The predicted molar refractivity (Wildman–Crippen MR) is 114 cm³/mol. The summed E-state index contributed by atoms with van der Waals surface area (Å²) in [4.78, 5) is 15.0. The van der Waals surface area contributed by atoms with Crippen LogP contribution in [0.5, 0.6) is 5.75 Å². The fourth-order valence-electron chi connectivity index (χ4n) is 3.65. The van der Waals surface area contributed by atoms with Gasteiger partial charge in [0.1, 0.15) is 12.4 Å². The van der Waals surface area contributed by atoms with Crippen LogP contribution in [0.1, 0.15) is 48.2 Å². The van der Waals surface area contributed by atoms with Crippen molar-refractivity contribution in [2.75, 3.05) is 19.7 Å². The van der Waals surface area contributed by atoms with Gasteiger partial charge in [-0.15, -0.1) is 0 Å². The van der Waals surface area contributed by atoms with Crippen molar-refractivity contribution in [3.05, 3.63) is 65.2 Å². The molecule has 1 fully saturated rings. The van der Waals surface area contributed by atoms with Gasteiger partial charge in [-0.2, -0.15) is 0 Å². The molecule has 1 aliphatic rings. The van der Waals surface area contributed by atoms with Crippen molar-refractivity contribution in [2.45, 2.75) is 46.2 Å². The van der Waals surface area contributed by atoms with Gasteiger partial charge < -0.3 is 10.1 Å². The average Bonchev–Trinajstić information content (AvgIpc) is 2.68. The van der Waals surface area contributed by atoms with Crippen LogP contribution in [0.2, 0.25) is 0 Å². The Labute approximate surface area is 168 Å². The fourth-order valence-corrected chi connectivity index (χ4v) is 3.65. The van der Waals surface area contributed by atoms with Gasteiger partial charge in [0.2, 0.25) is 0 Å². The van der Waals surface area contributed by atoms with E-state index in [9.17, 15) is 4.79 Å². The molecule has 0 aliphatic carbocycles. The Morgan fingerprint density at radius 2 is 1.89 bits per heavy atom. The molecule has 4 nitrogen and oxygen atoms in total. The topological polar surface area (TPSA) is 41.6 Å². The second-order valence-electron chi connectivity index (χ2n) is 8.18. The number of carbonyl (C=O) groups is 1. The molecule has 0 unspecified atom stereocenters. The number of benzene rings is 2. The third-order valence-corrected chi connectivity index (χ3v) is 5.26. The van der Waals surface area contributed by atoms with Crippen LogP contribution in [0.4, 0.5) is 0 Å². The van der Waals surface area contributed by atoms with E-state index in [0.717, 1.165) is 18.2 Å². The molecule has 1 N–H and O–H groups in total. The smallest absolute Gasteiger partial charge is 0.251 e.